The van der Waals surface area contributed by atoms with Gasteiger partial charge in [0.15, 0.2) is 12.6 Å². The first-order valence-corrected chi connectivity index (χ1v) is 20.6. The summed E-state index contributed by atoms with van der Waals surface area (Å²) in [5.74, 6) is -0.813. The van der Waals surface area contributed by atoms with E-state index in [2.05, 4.69) is 5.32 Å². The topological polar surface area (TPSA) is 232 Å². The zero-order valence-corrected chi connectivity index (χ0v) is 35.7. The number of nitrogens with zero attached hydrogens (tertiary/aromatic N) is 2. The van der Waals surface area contributed by atoms with Crippen molar-refractivity contribution in [2.45, 2.75) is 134 Å². The Hall–Kier alpha value is -3.91. The first-order chi connectivity index (χ1) is 28.3. The van der Waals surface area contributed by atoms with Crippen LogP contribution in [0.5, 0.6) is 0 Å². The molecule has 336 valence electrons. The first kappa shape index (κ1) is 48.8. The Morgan fingerprint density at radius 1 is 0.850 bits per heavy atom. The van der Waals surface area contributed by atoms with Crippen LogP contribution in [0.1, 0.15) is 90.9 Å². The Morgan fingerprint density at radius 3 is 2.03 bits per heavy atom. The van der Waals surface area contributed by atoms with Crippen molar-refractivity contribution < 1.29 is 63.2 Å². The third kappa shape index (κ3) is 16.2. The highest BCUT2D eigenvalue weighted by atomic mass is 16.7. The number of nitrogens with two attached hydrogens (primary N) is 1. The molecule has 60 heavy (non-hydrogen) atoms. The molecule has 2 aromatic carbocycles. The van der Waals surface area contributed by atoms with Crippen LogP contribution in [-0.4, -0.2) is 148 Å². The zero-order chi connectivity index (χ0) is 44.0. The van der Waals surface area contributed by atoms with Crippen molar-refractivity contribution in [2.75, 3.05) is 45.9 Å². The van der Waals surface area contributed by atoms with Gasteiger partial charge in [-0.05, 0) is 60.8 Å². The number of carbonyl (C=O) groups is 3. The van der Waals surface area contributed by atoms with E-state index in [1.165, 1.54) is 4.90 Å². The van der Waals surface area contributed by atoms with Crippen LogP contribution in [0.25, 0.3) is 0 Å². The number of nitrogens with one attached hydrogen (secondary N) is 1. The maximum absolute atomic E-state index is 13.6. The Kier molecular flexibility index (Phi) is 18.5. The van der Waals surface area contributed by atoms with Crippen LogP contribution in [0.2, 0.25) is 0 Å². The number of ether oxygens (including phenoxy) is 6. The molecule has 2 saturated heterocycles. The molecular weight excluding hydrogens is 780 g/mol. The summed E-state index contributed by atoms with van der Waals surface area (Å²) in [5, 5.41) is 47.7. The number of benzene rings is 2. The lowest BCUT2D eigenvalue weighted by atomic mass is 10.0. The molecule has 2 aliphatic heterocycles. The molecule has 0 aliphatic carbocycles. The second kappa shape index (κ2) is 22.8. The van der Waals surface area contributed by atoms with Crippen LogP contribution < -0.4 is 11.1 Å². The number of rotatable bonds is 19. The summed E-state index contributed by atoms with van der Waals surface area (Å²) in [6, 6.07) is 17.3. The predicted octanol–water partition coefficient (Wildman–Crippen LogP) is 3.14. The Morgan fingerprint density at radius 2 is 1.45 bits per heavy atom. The largest absolute Gasteiger partial charge is 0.444 e. The lowest BCUT2D eigenvalue weighted by Crippen LogP contribution is -2.52. The molecule has 2 fully saturated rings. The van der Waals surface area contributed by atoms with E-state index in [4.69, 9.17) is 34.2 Å². The van der Waals surface area contributed by atoms with Crippen molar-refractivity contribution in [3.05, 3.63) is 71.8 Å². The Labute approximate surface area is 353 Å². The number of hydrogen-bond acceptors (Lipinski definition) is 14. The Balaban J connectivity index is 1.48. The van der Waals surface area contributed by atoms with Gasteiger partial charge in [-0.3, -0.25) is 14.6 Å². The molecule has 2 aromatic rings. The van der Waals surface area contributed by atoms with E-state index in [-0.39, 0.29) is 58.6 Å². The Bertz CT molecular complexity index is 1610. The molecule has 9 atom stereocenters. The summed E-state index contributed by atoms with van der Waals surface area (Å²) in [5.41, 5.74) is 5.69. The molecule has 17 heteroatoms. The van der Waals surface area contributed by atoms with Gasteiger partial charge in [-0.1, -0.05) is 60.7 Å². The third-order valence-electron chi connectivity index (χ3n) is 9.75. The predicted molar refractivity (Wildman–Crippen MR) is 219 cm³/mol. The van der Waals surface area contributed by atoms with E-state index in [0.29, 0.717) is 13.0 Å². The summed E-state index contributed by atoms with van der Waals surface area (Å²) in [6.07, 6.45) is -8.76. The molecule has 17 nitrogen and oxygen atoms in total. The highest BCUT2D eigenvalue weighted by Crippen LogP contribution is 2.30. The second-order valence-electron chi connectivity index (χ2n) is 17.3. The van der Waals surface area contributed by atoms with Gasteiger partial charge in [-0.25, -0.2) is 9.59 Å². The first-order valence-electron chi connectivity index (χ1n) is 20.6. The minimum atomic E-state index is -1.34. The minimum Gasteiger partial charge on any atom is -0.444 e. The zero-order valence-electron chi connectivity index (χ0n) is 35.7. The fourth-order valence-corrected chi connectivity index (χ4v) is 6.93. The van der Waals surface area contributed by atoms with Crippen molar-refractivity contribution in [3.63, 3.8) is 0 Å². The van der Waals surface area contributed by atoms with Gasteiger partial charge in [0, 0.05) is 50.3 Å². The highest BCUT2D eigenvalue weighted by molar-refractivity contribution is 5.84. The fraction of sp³-hybridized carbons (Fsp3) is 0.651. The molecule has 0 radical (unpaired) electrons. The molecule has 3 amide bonds. The molecule has 0 saturated carbocycles. The monoisotopic (exact) mass is 846 g/mol. The van der Waals surface area contributed by atoms with E-state index in [1.807, 2.05) is 60.7 Å². The quantitative estimate of drug-likeness (QED) is 0.119. The van der Waals surface area contributed by atoms with Gasteiger partial charge in [-0.15, -0.1) is 0 Å². The molecule has 0 bridgehead atoms. The normalized spacial score (nSPS) is 23.2. The number of carbonyl (C=O) groups excluding carboxylic acids is 3. The van der Waals surface area contributed by atoms with E-state index in [1.54, 1.807) is 46.4 Å². The van der Waals surface area contributed by atoms with E-state index in [9.17, 15) is 34.8 Å². The molecule has 0 spiro atoms. The van der Waals surface area contributed by atoms with Gasteiger partial charge in [0.05, 0.1) is 37.6 Å². The SMILES string of the molecule is CC(C)(C)OC(=O)NCC[C@@H](C(N)=O)N(CCCN(C[C@H](O)C[C@@H]1OC(c2ccccc2)OC[C@H]1O)C[C@H](O)[C@@H](O)[C@H]1CCOC(c2ccccc2)O1)C(=O)OC(C)(C)C. The number of alkyl carbamates (subject to hydrolysis) is 1. The van der Waals surface area contributed by atoms with Crippen molar-refractivity contribution in [1.82, 2.24) is 15.1 Å². The van der Waals surface area contributed by atoms with Gasteiger partial charge >= 0.3 is 12.2 Å². The van der Waals surface area contributed by atoms with Gasteiger partial charge in [-0.2, -0.15) is 0 Å². The molecule has 2 heterocycles. The van der Waals surface area contributed by atoms with Crippen LogP contribution in [0, 0.1) is 0 Å². The van der Waals surface area contributed by atoms with Gasteiger partial charge < -0.3 is 59.9 Å². The lowest BCUT2D eigenvalue weighted by Gasteiger charge is -2.38. The average Bonchev–Trinajstić information content (AvgIpc) is 3.18. The van der Waals surface area contributed by atoms with Crippen LogP contribution in [0.15, 0.2) is 60.7 Å². The van der Waals surface area contributed by atoms with Crippen molar-refractivity contribution in [1.29, 1.82) is 0 Å². The van der Waals surface area contributed by atoms with E-state index < -0.39 is 84.5 Å². The highest BCUT2D eigenvalue weighted by Gasteiger charge is 2.37. The molecule has 7 N–H and O–H groups in total. The minimum absolute atomic E-state index is 0.00449. The number of aliphatic hydroxyl groups excluding tert-OH is 4. The maximum Gasteiger partial charge on any atom is 0.410 e. The fourth-order valence-electron chi connectivity index (χ4n) is 6.93. The van der Waals surface area contributed by atoms with Crippen LogP contribution in [0.4, 0.5) is 9.59 Å². The molecule has 4 rings (SSSR count). The number of aliphatic hydroxyl groups is 4. The van der Waals surface area contributed by atoms with Crippen molar-refractivity contribution >= 4 is 18.1 Å². The molecule has 0 aromatic heterocycles. The van der Waals surface area contributed by atoms with Crippen molar-refractivity contribution in [3.8, 4) is 0 Å². The molecule has 2 unspecified atom stereocenters. The number of hydrogen-bond donors (Lipinski definition) is 6. The van der Waals surface area contributed by atoms with E-state index in [0.717, 1.165) is 11.1 Å². The molecular formula is C43H66N4O13. The van der Waals surface area contributed by atoms with E-state index >= 15 is 0 Å². The average molecular weight is 847 g/mol. The van der Waals surface area contributed by atoms with Crippen LogP contribution >= 0.6 is 0 Å². The summed E-state index contributed by atoms with van der Waals surface area (Å²) >= 11 is 0. The number of amides is 3. The second-order valence-corrected chi connectivity index (χ2v) is 17.3. The standard InChI is InChI=1S/C43H66N4O13/c1-42(2,3)59-40(53)45-20-18-31(37(44)52)47(41(54)60-43(4,5)6)22-13-21-46(25-30(48)24-35-33(50)27-56-39(58-35)29-16-11-8-12-17-29)26-32(49)36(51)34-19-23-55-38(57-34)28-14-9-7-10-15-28/h7-12,14-17,30-36,38-39,48-51H,13,18-27H2,1-6H3,(H2,44,52)(H,45,53)/t30-,31+,32+,33-,34-,35+,36-,38?,39?/m1/s1. The third-order valence-corrected chi connectivity index (χ3v) is 9.75. The van der Waals surface area contributed by atoms with Crippen molar-refractivity contribution in [2.24, 2.45) is 5.73 Å². The summed E-state index contributed by atoms with van der Waals surface area (Å²) < 4.78 is 34.6. The van der Waals surface area contributed by atoms with Gasteiger partial charge in [0.25, 0.3) is 0 Å². The molecule has 2 aliphatic rings. The van der Waals surface area contributed by atoms with Gasteiger partial charge in [0.1, 0.15) is 29.5 Å². The number of primary amides is 1. The lowest BCUT2D eigenvalue weighted by molar-refractivity contribution is -0.261. The smallest absolute Gasteiger partial charge is 0.410 e. The summed E-state index contributed by atoms with van der Waals surface area (Å²) in [4.78, 5) is 41.7. The summed E-state index contributed by atoms with van der Waals surface area (Å²) in [6.45, 7) is 10.4. The van der Waals surface area contributed by atoms with Crippen LogP contribution in [0.3, 0.4) is 0 Å². The van der Waals surface area contributed by atoms with Crippen LogP contribution in [-0.2, 0) is 33.2 Å². The van der Waals surface area contributed by atoms with Gasteiger partial charge in [0.2, 0.25) is 5.91 Å². The maximum atomic E-state index is 13.6. The summed E-state index contributed by atoms with van der Waals surface area (Å²) in [7, 11) is 0.